The molecule has 2 fully saturated rings. The molecule has 1 aliphatic heterocycles. The van der Waals surface area contributed by atoms with E-state index in [1.807, 2.05) is 6.07 Å². The van der Waals surface area contributed by atoms with Gasteiger partial charge in [-0.2, -0.15) is 0 Å². The molecular formula is C22H35ClN4O. The Labute approximate surface area is 174 Å². The summed E-state index contributed by atoms with van der Waals surface area (Å²) in [5, 5.41) is 3.00. The molecule has 0 bridgehead atoms. The lowest BCUT2D eigenvalue weighted by Gasteiger charge is -2.40. The Hall–Kier alpha value is -1.33. The number of amides is 1. The van der Waals surface area contributed by atoms with Gasteiger partial charge in [-0.15, -0.1) is 0 Å². The maximum absolute atomic E-state index is 11.7. The largest absolute Gasteiger partial charge is 0.366 e. The van der Waals surface area contributed by atoms with Crippen LogP contribution < -0.4 is 10.2 Å². The molecule has 1 aromatic rings. The van der Waals surface area contributed by atoms with Crippen LogP contribution in [0.2, 0.25) is 5.15 Å². The molecule has 2 aliphatic rings. The topological polar surface area (TPSA) is 48.5 Å². The Morgan fingerprint density at radius 2 is 1.89 bits per heavy atom. The van der Waals surface area contributed by atoms with E-state index in [2.05, 4.69) is 40.9 Å². The number of aromatic nitrogens is 1. The summed E-state index contributed by atoms with van der Waals surface area (Å²) in [4.78, 5) is 21.0. The summed E-state index contributed by atoms with van der Waals surface area (Å²) in [6.45, 7) is 11.2. The number of hydrogen-bond donors (Lipinski definition) is 1. The Bertz CT molecular complexity index is 683. The number of carbonyl (C=O) groups is 1. The number of halogens is 1. The molecule has 3 rings (SSSR count). The van der Waals surface area contributed by atoms with Crippen LogP contribution in [0, 0.1) is 11.3 Å². The Morgan fingerprint density at radius 1 is 1.21 bits per heavy atom. The normalized spacial score (nSPS) is 23.8. The fourth-order valence-electron chi connectivity index (χ4n) is 4.99. The fourth-order valence-corrected chi connectivity index (χ4v) is 5.27. The van der Waals surface area contributed by atoms with Crippen molar-refractivity contribution in [1.29, 1.82) is 0 Å². The van der Waals surface area contributed by atoms with Crippen molar-refractivity contribution in [3.8, 4) is 0 Å². The zero-order valence-corrected chi connectivity index (χ0v) is 18.6. The predicted octanol–water partition coefficient (Wildman–Crippen LogP) is 4.21. The van der Waals surface area contributed by atoms with Crippen molar-refractivity contribution in [3.63, 3.8) is 0 Å². The number of anilines is 1. The summed E-state index contributed by atoms with van der Waals surface area (Å²) < 4.78 is 0. The molecule has 1 aliphatic carbocycles. The van der Waals surface area contributed by atoms with Gasteiger partial charge < -0.3 is 10.2 Å². The maximum atomic E-state index is 11.7. The number of rotatable bonds is 6. The van der Waals surface area contributed by atoms with Crippen molar-refractivity contribution < 1.29 is 4.79 Å². The molecule has 156 valence electrons. The molecule has 0 spiro atoms. The highest BCUT2D eigenvalue weighted by molar-refractivity contribution is 6.32. The zero-order chi connectivity index (χ0) is 20.3. The van der Waals surface area contributed by atoms with Gasteiger partial charge in [0.15, 0.2) is 5.15 Å². The van der Waals surface area contributed by atoms with Gasteiger partial charge in [0.05, 0.1) is 5.69 Å². The average molecular weight is 407 g/mol. The third-order valence-electron chi connectivity index (χ3n) is 7.47. The van der Waals surface area contributed by atoms with Crippen molar-refractivity contribution >= 4 is 23.2 Å². The predicted molar refractivity (Wildman–Crippen MR) is 116 cm³/mol. The first-order valence-corrected chi connectivity index (χ1v) is 11.2. The van der Waals surface area contributed by atoms with Crippen molar-refractivity contribution in [2.24, 2.45) is 11.3 Å². The quantitative estimate of drug-likeness (QED) is 0.719. The van der Waals surface area contributed by atoms with Gasteiger partial charge >= 0.3 is 0 Å². The molecule has 1 N–H and O–H groups in total. The van der Waals surface area contributed by atoms with Crippen LogP contribution in [0.4, 0.5) is 5.69 Å². The first kappa shape index (κ1) is 21.4. The first-order valence-electron chi connectivity index (χ1n) is 10.8. The second-order valence-electron chi connectivity index (χ2n) is 8.63. The SMILES string of the molecule is CCC(C)(CC)C1CC[C@@H](N2CCN(c3ccc(C(=O)NC)nc3Cl)CC2)C1. The summed E-state index contributed by atoms with van der Waals surface area (Å²) in [6.07, 6.45) is 6.63. The van der Waals surface area contributed by atoms with E-state index in [4.69, 9.17) is 11.6 Å². The van der Waals surface area contributed by atoms with Gasteiger partial charge in [0.1, 0.15) is 5.69 Å². The summed E-state index contributed by atoms with van der Waals surface area (Å²) >= 11 is 6.38. The summed E-state index contributed by atoms with van der Waals surface area (Å²) in [5.74, 6) is 0.654. The number of nitrogens with one attached hydrogen (secondary N) is 1. The molecule has 2 atom stereocenters. The third kappa shape index (κ3) is 4.30. The van der Waals surface area contributed by atoms with Gasteiger partial charge in [-0.25, -0.2) is 4.98 Å². The second kappa shape index (κ2) is 9.00. The highest BCUT2D eigenvalue weighted by atomic mass is 35.5. The number of carbonyl (C=O) groups excluding carboxylic acids is 1. The van der Waals surface area contributed by atoms with Crippen LogP contribution >= 0.6 is 11.6 Å². The minimum absolute atomic E-state index is 0.208. The molecule has 28 heavy (non-hydrogen) atoms. The standard InChI is InChI=1S/C22H35ClN4O/c1-5-22(3,6-2)16-7-8-17(15-16)26-11-13-27(14-12-26)19-10-9-18(21(28)24-4)25-20(19)23/h9-10,16-17H,5-8,11-15H2,1-4H3,(H,24,28)/t16?,17-/m1/s1. The molecule has 1 saturated carbocycles. The number of piperazine rings is 1. The maximum Gasteiger partial charge on any atom is 0.269 e. The van der Waals surface area contributed by atoms with Crippen LogP contribution in [0.5, 0.6) is 0 Å². The van der Waals surface area contributed by atoms with Crippen molar-refractivity contribution in [2.75, 3.05) is 38.1 Å². The third-order valence-corrected chi connectivity index (χ3v) is 7.74. The smallest absolute Gasteiger partial charge is 0.269 e. The monoisotopic (exact) mass is 406 g/mol. The second-order valence-corrected chi connectivity index (χ2v) is 8.99. The first-order chi connectivity index (χ1) is 13.4. The van der Waals surface area contributed by atoms with E-state index in [9.17, 15) is 4.79 Å². The number of pyridine rings is 1. The lowest BCUT2D eigenvalue weighted by molar-refractivity contribution is 0.0958. The minimum atomic E-state index is -0.208. The van der Waals surface area contributed by atoms with E-state index >= 15 is 0 Å². The fraction of sp³-hybridized carbons (Fsp3) is 0.727. The van der Waals surface area contributed by atoms with Crippen LogP contribution in [0.3, 0.4) is 0 Å². The molecule has 1 aromatic heterocycles. The lowest BCUT2D eigenvalue weighted by Crippen LogP contribution is -2.50. The molecule has 0 aromatic carbocycles. The minimum Gasteiger partial charge on any atom is -0.366 e. The molecule has 6 heteroatoms. The Kier molecular flexibility index (Phi) is 6.87. The number of hydrogen-bond acceptors (Lipinski definition) is 4. The van der Waals surface area contributed by atoms with E-state index in [-0.39, 0.29) is 5.91 Å². The van der Waals surface area contributed by atoms with Gasteiger partial charge in [0, 0.05) is 39.3 Å². The summed E-state index contributed by atoms with van der Waals surface area (Å²) in [5.41, 5.74) is 1.80. The van der Waals surface area contributed by atoms with Crippen LogP contribution in [0.25, 0.3) is 0 Å². The Morgan fingerprint density at radius 3 is 2.46 bits per heavy atom. The highest BCUT2D eigenvalue weighted by Gasteiger charge is 2.39. The van der Waals surface area contributed by atoms with Gasteiger partial charge in [-0.1, -0.05) is 45.2 Å². The van der Waals surface area contributed by atoms with Crippen LogP contribution in [0.1, 0.15) is 63.4 Å². The molecular weight excluding hydrogens is 372 g/mol. The van der Waals surface area contributed by atoms with E-state index in [0.717, 1.165) is 43.8 Å². The van der Waals surface area contributed by atoms with Crippen molar-refractivity contribution in [2.45, 2.75) is 58.9 Å². The number of nitrogens with zero attached hydrogens (tertiary/aromatic N) is 3. The summed E-state index contributed by atoms with van der Waals surface area (Å²) in [6, 6.07) is 4.41. The van der Waals surface area contributed by atoms with Crippen LogP contribution in [-0.4, -0.2) is 55.1 Å². The molecule has 2 heterocycles. The van der Waals surface area contributed by atoms with Gasteiger partial charge in [0.2, 0.25) is 0 Å². The van der Waals surface area contributed by atoms with E-state index in [1.165, 1.54) is 32.1 Å². The average Bonchev–Trinajstić information content (AvgIpc) is 3.23. The molecule has 1 saturated heterocycles. The van der Waals surface area contributed by atoms with E-state index < -0.39 is 0 Å². The molecule has 1 amide bonds. The van der Waals surface area contributed by atoms with Crippen molar-refractivity contribution in [3.05, 3.63) is 23.0 Å². The molecule has 0 radical (unpaired) electrons. The van der Waals surface area contributed by atoms with Crippen LogP contribution in [-0.2, 0) is 0 Å². The molecule has 5 nitrogen and oxygen atoms in total. The highest BCUT2D eigenvalue weighted by Crippen LogP contribution is 2.45. The summed E-state index contributed by atoms with van der Waals surface area (Å²) in [7, 11) is 1.60. The van der Waals surface area contributed by atoms with Gasteiger partial charge in [-0.05, 0) is 42.7 Å². The van der Waals surface area contributed by atoms with E-state index in [1.54, 1.807) is 13.1 Å². The Balaban J connectivity index is 1.57. The van der Waals surface area contributed by atoms with Crippen LogP contribution in [0.15, 0.2) is 12.1 Å². The zero-order valence-electron chi connectivity index (χ0n) is 17.8. The molecule has 1 unspecified atom stereocenters. The lowest BCUT2D eigenvalue weighted by atomic mass is 9.72. The van der Waals surface area contributed by atoms with E-state index in [0.29, 0.717) is 16.3 Å². The van der Waals surface area contributed by atoms with Crippen molar-refractivity contribution in [1.82, 2.24) is 15.2 Å². The van der Waals surface area contributed by atoms with Gasteiger partial charge in [0.25, 0.3) is 5.91 Å². The van der Waals surface area contributed by atoms with Gasteiger partial charge in [-0.3, -0.25) is 9.69 Å².